The first-order chi connectivity index (χ1) is 10.3. The maximum atomic E-state index is 5.59. The fourth-order valence-electron chi connectivity index (χ4n) is 1.97. The summed E-state index contributed by atoms with van der Waals surface area (Å²) in [5.74, 6) is 7.96. The number of rotatable bonds is 5. The van der Waals surface area contributed by atoms with Crippen LogP contribution in [0.5, 0.6) is 0 Å². The summed E-state index contributed by atoms with van der Waals surface area (Å²) < 4.78 is 5.27. The smallest absolute Gasteiger partial charge is 0.170 e. The van der Waals surface area contributed by atoms with Gasteiger partial charge in [0.05, 0.1) is 5.52 Å². The van der Waals surface area contributed by atoms with Gasteiger partial charge >= 0.3 is 0 Å². The van der Waals surface area contributed by atoms with Gasteiger partial charge in [0.2, 0.25) is 0 Å². The minimum atomic E-state index is 0.710. The summed E-state index contributed by atoms with van der Waals surface area (Å²) in [5, 5.41) is 1.11. The number of para-hydroxylation sites is 1. The molecular weight excluding hydrogens is 302 g/mol. The molecule has 0 aliphatic heterocycles. The van der Waals surface area contributed by atoms with E-state index in [-0.39, 0.29) is 0 Å². The Morgan fingerprint density at radius 2 is 2.14 bits per heavy atom. The lowest BCUT2D eigenvalue weighted by Gasteiger charge is -2.08. The monoisotopic (exact) mass is 317 g/mol. The summed E-state index contributed by atoms with van der Waals surface area (Å²) >= 11 is 3.10. The van der Waals surface area contributed by atoms with Crippen LogP contribution in [0.1, 0.15) is 18.3 Å². The van der Waals surface area contributed by atoms with E-state index in [0.29, 0.717) is 5.82 Å². The molecule has 2 aromatic heterocycles. The van der Waals surface area contributed by atoms with Crippen LogP contribution in [0.4, 0.5) is 5.82 Å². The number of hydrogen-bond acceptors (Lipinski definition) is 7. The number of hydrogen-bond donors (Lipinski definition) is 2. The molecule has 0 amide bonds. The summed E-state index contributed by atoms with van der Waals surface area (Å²) in [6.07, 6.45) is 0.865. The number of nitrogens with one attached hydrogen (secondary N) is 1. The van der Waals surface area contributed by atoms with Crippen LogP contribution >= 0.6 is 23.3 Å². The van der Waals surface area contributed by atoms with Crippen LogP contribution in [0.2, 0.25) is 0 Å². The van der Waals surface area contributed by atoms with E-state index in [1.165, 1.54) is 11.5 Å². The van der Waals surface area contributed by atoms with Gasteiger partial charge in [0.15, 0.2) is 4.34 Å². The molecule has 0 bridgehead atoms. The highest BCUT2D eigenvalue weighted by Gasteiger charge is 2.09. The van der Waals surface area contributed by atoms with Crippen LogP contribution in [0.15, 0.2) is 34.7 Å². The molecule has 7 heteroatoms. The Labute approximate surface area is 131 Å². The molecular formula is C14H15N5S2. The van der Waals surface area contributed by atoms with E-state index in [9.17, 15) is 0 Å². The van der Waals surface area contributed by atoms with Gasteiger partial charge in [-0.15, -0.1) is 0 Å². The second kappa shape index (κ2) is 6.38. The number of benzene rings is 1. The minimum absolute atomic E-state index is 0.710. The third kappa shape index (κ3) is 3.15. The van der Waals surface area contributed by atoms with Crippen LogP contribution in [0.25, 0.3) is 10.9 Å². The number of aromatic nitrogens is 3. The van der Waals surface area contributed by atoms with Crippen molar-refractivity contribution in [3.8, 4) is 0 Å². The molecule has 3 N–H and O–H groups in total. The fraction of sp³-hybridized carbons (Fsp3) is 0.214. The van der Waals surface area contributed by atoms with Gasteiger partial charge in [-0.2, -0.15) is 4.37 Å². The predicted molar refractivity (Wildman–Crippen MR) is 88.4 cm³/mol. The molecule has 3 rings (SSSR count). The molecule has 5 nitrogen and oxygen atoms in total. The summed E-state index contributed by atoms with van der Waals surface area (Å²) in [7, 11) is 0. The van der Waals surface area contributed by atoms with Crippen molar-refractivity contribution < 1.29 is 0 Å². The van der Waals surface area contributed by atoms with Gasteiger partial charge in [-0.1, -0.05) is 36.9 Å². The van der Waals surface area contributed by atoms with Crippen molar-refractivity contribution in [2.24, 2.45) is 5.84 Å². The maximum absolute atomic E-state index is 5.59. The Bertz CT molecular complexity index is 756. The van der Waals surface area contributed by atoms with Crippen molar-refractivity contribution in [3.63, 3.8) is 0 Å². The number of nitrogens with two attached hydrogens (primary N) is 1. The van der Waals surface area contributed by atoms with Crippen molar-refractivity contribution in [1.29, 1.82) is 0 Å². The molecule has 2 heterocycles. The first kappa shape index (κ1) is 14.2. The Hall–Kier alpha value is -1.70. The second-order valence-electron chi connectivity index (χ2n) is 4.45. The van der Waals surface area contributed by atoms with E-state index < -0.39 is 0 Å². The Morgan fingerprint density at radius 1 is 1.29 bits per heavy atom. The van der Waals surface area contributed by atoms with Gasteiger partial charge < -0.3 is 5.43 Å². The zero-order chi connectivity index (χ0) is 14.7. The highest BCUT2D eigenvalue weighted by Crippen LogP contribution is 2.29. The van der Waals surface area contributed by atoms with E-state index in [1.54, 1.807) is 11.8 Å². The first-order valence-corrected chi connectivity index (χ1v) is 8.36. The topological polar surface area (TPSA) is 76.7 Å². The highest BCUT2D eigenvalue weighted by molar-refractivity contribution is 8.00. The molecule has 0 radical (unpaired) electrons. The minimum Gasteiger partial charge on any atom is -0.308 e. The summed E-state index contributed by atoms with van der Waals surface area (Å²) in [5.41, 5.74) is 4.68. The molecule has 0 aliphatic rings. The molecule has 0 unspecified atom stereocenters. The average Bonchev–Trinajstić information content (AvgIpc) is 3.00. The molecule has 0 fully saturated rings. The molecule has 0 atom stereocenters. The van der Waals surface area contributed by atoms with Crippen LogP contribution in [0, 0.1) is 0 Å². The molecule has 3 aromatic rings. The standard InChI is InChI=1S/C14H15N5S2/c1-2-12-17-14(21-19-12)20-8-10-7-9-5-3-4-6-11(9)16-13(10)18-15/h3-7H,2,8,15H2,1H3,(H,16,18). The Balaban J connectivity index is 1.85. The number of fused-ring (bicyclic) bond motifs is 1. The number of pyridine rings is 1. The molecule has 0 saturated heterocycles. The van der Waals surface area contributed by atoms with Crippen molar-refractivity contribution in [2.45, 2.75) is 23.4 Å². The zero-order valence-corrected chi connectivity index (χ0v) is 13.2. The van der Waals surface area contributed by atoms with Crippen LogP contribution < -0.4 is 11.3 Å². The lowest BCUT2D eigenvalue weighted by Crippen LogP contribution is -2.11. The maximum Gasteiger partial charge on any atom is 0.170 e. The molecule has 108 valence electrons. The van der Waals surface area contributed by atoms with Crippen LogP contribution in [-0.4, -0.2) is 14.3 Å². The Kier molecular flexibility index (Phi) is 4.33. The number of hydrazine groups is 1. The Morgan fingerprint density at radius 3 is 2.90 bits per heavy atom. The number of thioether (sulfide) groups is 1. The molecule has 0 aliphatic carbocycles. The van der Waals surface area contributed by atoms with Gasteiger partial charge in [0.1, 0.15) is 11.6 Å². The van der Waals surface area contributed by atoms with Crippen molar-refractivity contribution in [3.05, 3.63) is 41.7 Å². The van der Waals surface area contributed by atoms with Gasteiger partial charge in [-0.05, 0) is 23.7 Å². The van der Waals surface area contributed by atoms with Crippen LogP contribution in [-0.2, 0) is 12.2 Å². The lowest BCUT2D eigenvalue weighted by atomic mass is 10.1. The predicted octanol–water partition coefficient (Wildman–Crippen LogP) is 3.23. The lowest BCUT2D eigenvalue weighted by molar-refractivity contribution is 0.971. The number of anilines is 1. The number of aryl methyl sites for hydroxylation is 1. The first-order valence-electron chi connectivity index (χ1n) is 6.61. The van der Waals surface area contributed by atoms with Gasteiger partial charge in [0, 0.05) is 23.1 Å². The zero-order valence-electron chi connectivity index (χ0n) is 11.5. The molecule has 1 aromatic carbocycles. The SMILES string of the molecule is CCc1nsc(SCc2cc3ccccc3nc2NN)n1. The highest BCUT2D eigenvalue weighted by atomic mass is 32.2. The van der Waals surface area contributed by atoms with Crippen LogP contribution in [0.3, 0.4) is 0 Å². The molecule has 0 saturated carbocycles. The summed E-state index contributed by atoms with van der Waals surface area (Å²) in [6, 6.07) is 10.1. The quantitative estimate of drug-likeness (QED) is 0.427. The fourth-order valence-corrected chi connectivity index (χ4v) is 3.64. The molecule has 21 heavy (non-hydrogen) atoms. The van der Waals surface area contributed by atoms with E-state index in [4.69, 9.17) is 5.84 Å². The molecule has 0 spiro atoms. The van der Waals surface area contributed by atoms with Gasteiger partial charge in [0.25, 0.3) is 0 Å². The summed E-state index contributed by atoms with van der Waals surface area (Å²) in [6.45, 7) is 2.06. The third-order valence-corrected chi connectivity index (χ3v) is 4.98. The number of nitrogens with zero attached hydrogens (tertiary/aromatic N) is 3. The summed E-state index contributed by atoms with van der Waals surface area (Å²) in [4.78, 5) is 9.01. The number of nitrogen functional groups attached to an aromatic ring is 1. The van der Waals surface area contributed by atoms with E-state index in [2.05, 4.69) is 38.8 Å². The third-order valence-electron chi connectivity index (χ3n) is 3.06. The van der Waals surface area contributed by atoms with E-state index in [0.717, 1.165) is 38.8 Å². The second-order valence-corrected chi connectivity index (χ2v) is 6.43. The van der Waals surface area contributed by atoms with Crippen molar-refractivity contribution in [1.82, 2.24) is 14.3 Å². The average molecular weight is 317 g/mol. The van der Waals surface area contributed by atoms with E-state index in [1.807, 2.05) is 18.2 Å². The normalized spacial score (nSPS) is 11.0. The van der Waals surface area contributed by atoms with Gasteiger partial charge in [-0.25, -0.2) is 15.8 Å². The van der Waals surface area contributed by atoms with E-state index >= 15 is 0 Å². The van der Waals surface area contributed by atoms with Gasteiger partial charge in [-0.3, -0.25) is 0 Å². The van der Waals surface area contributed by atoms with Crippen molar-refractivity contribution in [2.75, 3.05) is 5.43 Å². The largest absolute Gasteiger partial charge is 0.308 e. The van der Waals surface area contributed by atoms with Crippen molar-refractivity contribution >= 4 is 40.0 Å².